The second kappa shape index (κ2) is 5.10. The number of rotatable bonds is 2. The zero-order valence-corrected chi connectivity index (χ0v) is 9.17. The molecule has 3 heteroatoms. The molecule has 0 bridgehead atoms. The fourth-order valence-corrected chi connectivity index (χ4v) is 2.56. The zero-order valence-electron chi connectivity index (χ0n) is 9.17. The number of hydrogen-bond acceptors (Lipinski definition) is 3. The van der Waals surface area contributed by atoms with Crippen molar-refractivity contribution < 1.29 is 4.74 Å². The maximum Gasteiger partial charge on any atom is 0.0469 e. The van der Waals surface area contributed by atoms with Crippen LogP contribution in [0.1, 0.15) is 19.8 Å². The first kappa shape index (κ1) is 10.4. The summed E-state index contributed by atoms with van der Waals surface area (Å²) in [7, 11) is 0. The van der Waals surface area contributed by atoms with Gasteiger partial charge in [0.15, 0.2) is 0 Å². The minimum Gasteiger partial charge on any atom is -0.381 e. The Morgan fingerprint density at radius 1 is 1.36 bits per heavy atom. The monoisotopic (exact) mass is 198 g/mol. The van der Waals surface area contributed by atoms with Gasteiger partial charge in [0, 0.05) is 38.9 Å². The molecule has 0 saturated carbocycles. The fourth-order valence-electron chi connectivity index (χ4n) is 2.56. The van der Waals surface area contributed by atoms with Gasteiger partial charge in [-0.05, 0) is 25.3 Å². The van der Waals surface area contributed by atoms with E-state index in [4.69, 9.17) is 4.74 Å². The Morgan fingerprint density at radius 3 is 2.86 bits per heavy atom. The lowest BCUT2D eigenvalue weighted by Crippen LogP contribution is -2.54. The summed E-state index contributed by atoms with van der Waals surface area (Å²) < 4.78 is 5.40. The van der Waals surface area contributed by atoms with Crippen LogP contribution in [-0.4, -0.2) is 50.3 Å². The molecule has 0 spiro atoms. The first-order valence-electron chi connectivity index (χ1n) is 5.93. The summed E-state index contributed by atoms with van der Waals surface area (Å²) in [6.07, 6.45) is 2.49. The highest BCUT2D eigenvalue weighted by Gasteiger charge is 2.27. The second-order valence-corrected chi connectivity index (χ2v) is 4.40. The molecular formula is C11H22N2O. The van der Waals surface area contributed by atoms with E-state index < -0.39 is 0 Å². The van der Waals surface area contributed by atoms with Crippen molar-refractivity contribution in [2.45, 2.75) is 25.8 Å². The number of ether oxygens (including phenoxy) is 1. The molecule has 1 N–H and O–H groups in total. The summed E-state index contributed by atoms with van der Waals surface area (Å²) in [6.45, 7) is 9.00. The predicted molar refractivity (Wildman–Crippen MR) is 57.4 cm³/mol. The Morgan fingerprint density at radius 2 is 2.14 bits per heavy atom. The van der Waals surface area contributed by atoms with Gasteiger partial charge in [0.05, 0.1) is 0 Å². The Labute approximate surface area is 86.8 Å². The Balaban J connectivity index is 1.83. The van der Waals surface area contributed by atoms with E-state index in [0.717, 1.165) is 25.7 Å². The lowest BCUT2D eigenvalue weighted by Gasteiger charge is -2.38. The smallest absolute Gasteiger partial charge is 0.0469 e. The topological polar surface area (TPSA) is 24.5 Å². The van der Waals surface area contributed by atoms with Crippen molar-refractivity contribution >= 4 is 0 Å². The van der Waals surface area contributed by atoms with E-state index >= 15 is 0 Å². The molecule has 2 aliphatic rings. The first-order chi connectivity index (χ1) is 6.90. The minimum absolute atomic E-state index is 0.715. The van der Waals surface area contributed by atoms with Gasteiger partial charge in [0.2, 0.25) is 0 Å². The third kappa shape index (κ3) is 2.47. The van der Waals surface area contributed by atoms with E-state index in [2.05, 4.69) is 17.1 Å². The Kier molecular flexibility index (Phi) is 3.79. The molecule has 3 nitrogen and oxygen atoms in total. The average Bonchev–Trinajstić information content (AvgIpc) is 2.30. The van der Waals surface area contributed by atoms with Crippen LogP contribution in [0.4, 0.5) is 0 Å². The quantitative estimate of drug-likeness (QED) is 0.707. The van der Waals surface area contributed by atoms with E-state index in [0.29, 0.717) is 6.04 Å². The van der Waals surface area contributed by atoms with Gasteiger partial charge in [-0.2, -0.15) is 0 Å². The third-order valence-electron chi connectivity index (χ3n) is 3.57. The zero-order chi connectivity index (χ0) is 9.80. The first-order valence-corrected chi connectivity index (χ1v) is 5.93. The molecule has 0 aromatic rings. The average molecular weight is 198 g/mol. The second-order valence-electron chi connectivity index (χ2n) is 4.40. The summed E-state index contributed by atoms with van der Waals surface area (Å²) >= 11 is 0. The van der Waals surface area contributed by atoms with Crippen LogP contribution in [0, 0.1) is 5.92 Å². The van der Waals surface area contributed by atoms with Crippen molar-refractivity contribution in [2.24, 2.45) is 5.92 Å². The van der Waals surface area contributed by atoms with E-state index in [1.54, 1.807) is 0 Å². The molecule has 2 fully saturated rings. The largest absolute Gasteiger partial charge is 0.381 e. The van der Waals surface area contributed by atoms with Crippen molar-refractivity contribution in [1.82, 2.24) is 10.2 Å². The Hall–Kier alpha value is -0.120. The van der Waals surface area contributed by atoms with Gasteiger partial charge in [-0.25, -0.2) is 0 Å². The molecule has 0 aliphatic carbocycles. The molecule has 0 radical (unpaired) electrons. The lowest BCUT2D eigenvalue weighted by atomic mass is 9.90. The van der Waals surface area contributed by atoms with Crippen molar-refractivity contribution in [3.05, 3.63) is 0 Å². The highest BCUT2D eigenvalue weighted by atomic mass is 16.5. The standard InChI is InChI=1S/C11H22N2O/c1-2-13-6-5-12-11(9-13)10-3-7-14-8-4-10/h10-12H,2-9H2,1H3/t11-/m0/s1. The highest BCUT2D eigenvalue weighted by molar-refractivity contribution is 4.84. The van der Waals surface area contributed by atoms with Crippen LogP contribution in [0.5, 0.6) is 0 Å². The van der Waals surface area contributed by atoms with Crippen molar-refractivity contribution in [3.8, 4) is 0 Å². The molecule has 0 unspecified atom stereocenters. The number of nitrogens with zero attached hydrogens (tertiary/aromatic N) is 1. The minimum atomic E-state index is 0.715. The lowest BCUT2D eigenvalue weighted by molar-refractivity contribution is 0.0414. The van der Waals surface area contributed by atoms with Crippen LogP contribution in [0.3, 0.4) is 0 Å². The molecule has 82 valence electrons. The van der Waals surface area contributed by atoms with Crippen molar-refractivity contribution in [1.29, 1.82) is 0 Å². The molecule has 2 aliphatic heterocycles. The maximum atomic E-state index is 5.40. The molecule has 1 atom stereocenters. The number of piperazine rings is 1. The van der Waals surface area contributed by atoms with E-state index in [1.807, 2.05) is 0 Å². The summed E-state index contributed by atoms with van der Waals surface area (Å²) in [5, 5.41) is 3.66. The van der Waals surface area contributed by atoms with Crippen LogP contribution in [0.25, 0.3) is 0 Å². The summed E-state index contributed by atoms with van der Waals surface area (Å²) in [4.78, 5) is 2.55. The molecule has 2 saturated heterocycles. The fraction of sp³-hybridized carbons (Fsp3) is 1.00. The Bertz CT molecular complexity index is 169. The van der Waals surface area contributed by atoms with E-state index in [1.165, 1.54) is 32.5 Å². The molecular weight excluding hydrogens is 176 g/mol. The number of nitrogens with one attached hydrogen (secondary N) is 1. The summed E-state index contributed by atoms with van der Waals surface area (Å²) in [6, 6.07) is 0.715. The van der Waals surface area contributed by atoms with Gasteiger partial charge < -0.3 is 15.0 Å². The third-order valence-corrected chi connectivity index (χ3v) is 3.57. The summed E-state index contributed by atoms with van der Waals surface area (Å²) in [5.41, 5.74) is 0. The number of hydrogen-bond donors (Lipinski definition) is 1. The number of likely N-dealkylation sites (N-methyl/N-ethyl adjacent to an activating group) is 1. The van der Waals surface area contributed by atoms with Gasteiger partial charge >= 0.3 is 0 Å². The molecule has 0 aromatic carbocycles. The van der Waals surface area contributed by atoms with E-state index in [-0.39, 0.29) is 0 Å². The van der Waals surface area contributed by atoms with Gasteiger partial charge in [-0.3, -0.25) is 0 Å². The van der Waals surface area contributed by atoms with Crippen molar-refractivity contribution in [3.63, 3.8) is 0 Å². The van der Waals surface area contributed by atoms with E-state index in [9.17, 15) is 0 Å². The molecule has 0 aromatic heterocycles. The predicted octanol–water partition coefficient (Wildman–Crippen LogP) is 0.707. The molecule has 0 amide bonds. The van der Waals surface area contributed by atoms with Gasteiger partial charge in [-0.1, -0.05) is 6.92 Å². The summed E-state index contributed by atoms with van der Waals surface area (Å²) in [5.74, 6) is 0.845. The van der Waals surface area contributed by atoms with Crippen LogP contribution >= 0.6 is 0 Å². The van der Waals surface area contributed by atoms with Crippen LogP contribution in [0.2, 0.25) is 0 Å². The molecule has 2 heterocycles. The van der Waals surface area contributed by atoms with Crippen LogP contribution in [-0.2, 0) is 4.74 Å². The van der Waals surface area contributed by atoms with Gasteiger partial charge in [0.1, 0.15) is 0 Å². The van der Waals surface area contributed by atoms with Crippen LogP contribution < -0.4 is 5.32 Å². The van der Waals surface area contributed by atoms with Crippen LogP contribution in [0.15, 0.2) is 0 Å². The normalized spacial score (nSPS) is 31.9. The van der Waals surface area contributed by atoms with Gasteiger partial charge in [-0.15, -0.1) is 0 Å². The molecule has 2 rings (SSSR count). The molecule has 14 heavy (non-hydrogen) atoms. The SMILES string of the molecule is CCN1CCN[C@H](C2CCOCC2)C1. The maximum absolute atomic E-state index is 5.40. The van der Waals surface area contributed by atoms with Gasteiger partial charge in [0.25, 0.3) is 0 Å². The highest BCUT2D eigenvalue weighted by Crippen LogP contribution is 2.20. The van der Waals surface area contributed by atoms with Crippen molar-refractivity contribution in [2.75, 3.05) is 39.4 Å².